The third-order valence-corrected chi connectivity index (χ3v) is 6.39. The number of nitrogens with zero attached hydrogens (tertiary/aromatic N) is 2. The molecule has 152 valence electrons. The third-order valence-electron chi connectivity index (χ3n) is 4.75. The Hall–Kier alpha value is -2.31. The summed E-state index contributed by atoms with van der Waals surface area (Å²) in [5.74, 6) is 0.101. The van der Waals surface area contributed by atoms with E-state index in [0.29, 0.717) is 21.8 Å². The Bertz CT molecular complexity index is 957. The van der Waals surface area contributed by atoms with Gasteiger partial charge in [0.25, 0.3) is 0 Å². The Morgan fingerprint density at radius 2 is 1.93 bits per heavy atom. The fraction of sp³-hybridized carbons (Fsp3) is 0.318. The third kappa shape index (κ3) is 5.19. The molecule has 2 aromatic carbocycles. The molecular formula is C22H24ClN3O2S. The molecule has 1 aliphatic rings. The van der Waals surface area contributed by atoms with Gasteiger partial charge in [-0.3, -0.25) is 14.5 Å². The number of benzene rings is 2. The minimum atomic E-state index is -0.491. The highest BCUT2D eigenvalue weighted by Gasteiger charge is 2.37. The molecule has 0 unspecified atom stereocenters. The predicted molar refractivity (Wildman–Crippen MR) is 121 cm³/mol. The first-order valence-electron chi connectivity index (χ1n) is 9.43. The molecule has 2 amide bonds. The van der Waals surface area contributed by atoms with Gasteiger partial charge in [0.2, 0.25) is 11.8 Å². The minimum Gasteiger partial charge on any atom is -0.326 e. The van der Waals surface area contributed by atoms with Crippen LogP contribution in [0.15, 0.2) is 47.5 Å². The number of hydrogen-bond acceptors (Lipinski definition) is 4. The van der Waals surface area contributed by atoms with Crippen molar-refractivity contribution in [3.63, 3.8) is 0 Å². The average Bonchev–Trinajstić information content (AvgIpc) is 2.93. The lowest BCUT2D eigenvalue weighted by molar-refractivity contribution is -0.127. The Morgan fingerprint density at radius 1 is 1.24 bits per heavy atom. The maximum atomic E-state index is 12.6. The summed E-state index contributed by atoms with van der Waals surface area (Å²) < 4.78 is 0. The molecular weight excluding hydrogens is 406 g/mol. The number of nitrogens with one attached hydrogen (secondary N) is 1. The molecule has 0 radical (unpaired) electrons. The fourth-order valence-electron chi connectivity index (χ4n) is 2.89. The summed E-state index contributed by atoms with van der Waals surface area (Å²) in [5.41, 5.74) is 3.59. The molecule has 3 rings (SSSR count). The van der Waals surface area contributed by atoms with Gasteiger partial charge in [-0.25, -0.2) is 4.99 Å². The number of hydrogen-bond donors (Lipinski definition) is 1. The summed E-state index contributed by atoms with van der Waals surface area (Å²) in [4.78, 5) is 31.1. The first kappa shape index (κ1) is 21.4. The molecule has 0 aliphatic carbocycles. The van der Waals surface area contributed by atoms with Crippen LogP contribution in [0.2, 0.25) is 5.02 Å². The number of carbonyl (C=O) groups excluding carboxylic acids is 2. The normalized spacial score (nSPS) is 18.0. The SMILES string of the molecule is Cc1ccc(NC(=O)C[C@H]2SC(=Nc3ccc(C(C)C)cc3)N(C)C2=O)cc1Cl. The predicted octanol–water partition coefficient (Wildman–Crippen LogP) is 5.36. The number of amides is 2. The molecule has 0 saturated carbocycles. The maximum Gasteiger partial charge on any atom is 0.242 e. The number of thioether (sulfide) groups is 1. The summed E-state index contributed by atoms with van der Waals surface area (Å²) in [6, 6.07) is 13.3. The first-order chi connectivity index (χ1) is 13.7. The Morgan fingerprint density at radius 3 is 2.55 bits per heavy atom. The van der Waals surface area contributed by atoms with E-state index in [1.54, 1.807) is 19.2 Å². The van der Waals surface area contributed by atoms with Crippen molar-refractivity contribution < 1.29 is 9.59 Å². The highest BCUT2D eigenvalue weighted by molar-refractivity contribution is 8.15. The van der Waals surface area contributed by atoms with Gasteiger partial charge in [-0.2, -0.15) is 0 Å². The van der Waals surface area contributed by atoms with E-state index in [1.165, 1.54) is 22.2 Å². The van der Waals surface area contributed by atoms with Crippen molar-refractivity contribution in [1.29, 1.82) is 0 Å². The van der Waals surface area contributed by atoms with Crippen LogP contribution in [0.1, 0.15) is 37.3 Å². The number of aliphatic imine (C=N–C) groups is 1. The molecule has 1 N–H and O–H groups in total. The number of anilines is 1. The molecule has 29 heavy (non-hydrogen) atoms. The number of halogens is 1. The summed E-state index contributed by atoms with van der Waals surface area (Å²) in [5, 5.41) is 3.51. The van der Waals surface area contributed by atoms with Gasteiger partial charge in [0, 0.05) is 24.2 Å². The van der Waals surface area contributed by atoms with Crippen molar-refractivity contribution in [3.8, 4) is 0 Å². The second kappa shape index (κ2) is 9.01. The van der Waals surface area contributed by atoms with Gasteiger partial charge in [0.1, 0.15) is 5.25 Å². The smallest absolute Gasteiger partial charge is 0.242 e. The standard InChI is InChI=1S/C22H24ClN3O2S/c1-13(2)15-6-9-16(10-7-15)25-22-26(4)21(28)19(29-22)12-20(27)24-17-8-5-14(3)18(23)11-17/h5-11,13,19H,12H2,1-4H3,(H,24,27)/t19-/m1/s1. The van der Waals surface area contributed by atoms with Crippen LogP contribution in [0, 0.1) is 6.92 Å². The number of amidine groups is 1. The fourth-order valence-corrected chi connectivity index (χ4v) is 4.23. The van der Waals surface area contributed by atoms with Crippen LogP contribution in [0.25, 0.3) is 0 Å². The minimum absolute atomic E-state index is 0.0741. The van der Waals surface area contributed by atoms with E-state index in [1.807, 2.05) is 37.3 Å². The van der Waals surface area contributed by atoms with Gasteiger partial charge in [-0.05, 0) is 48.2 Å². The van der Waals surface area contributed by atoms with E-state index in [0.717, 1.165) is 11.3 Å². The van der Waals surface area contributed by atoms with Crippen molar-refractivity contribution in [3.05, 3.63) is 58.6 Å². The molecule has 1 fully saturated rings. The Kier molecular flexibility index (Phi) is 6.65. The molecule has 1 saturated heterocycles. The van der Waals surface area contributed by atoms with Crippen LogP contribution in [-0.4, -0.2) is 34.2 Å². The lowest BCUT2D eigenvalue weighted by Crippen LogP contribution is -2.30. The van der Waals surface area contributed by atoms with Crippen LogP contribution < -0.4 is 5.32 Å². The topological polar surface area (TPSA) is 61.8 Å². The molecule has 1 heterocycles. The largest absolute Gasteiger partial charge is 0.326 e. The van der Waals surface area contributed by atoms with Crippen LogP contribution in [0.3, 0.4) is 0 Å². The van der Waals surface area contributed by atoms with E-state index in [-0.39, 0.29) is 18.2 Å². The average molecular weight is 430 g/mol. The van der Waals surface area contributed by atoms with E-state index in [9.17, 15) is 9.59 Å². The van der Waals surface area contributed by atoms with E-state index in [4.69, 9.17) is 11.6 Å². The van der Waals surface area contributed by atoms with Gasteiger partial charge in [-0.1, -0.05) is 55.4 Å². The highest BCUT2D eigenvalue weighted by atomic mass is 35.5. The summed E-state index contributed by atoms with van der Waals surface area (Å²) in [7, 11) is 1.69. The van der Waals surface area contributed by atoms with E-state index < -0.39 is 5.25 Å². The summed E-state index contributed by atoms with van der Waals surface area (Å²) in [6.07, 6.45) is 0.0741. The second-order valence-corrected chi connectivity index (χ2v) is 8.94. The van der Waals surface area contributed by atoms with Crippen LogP contribution in [0.4, 0.5) is 11.4 Å². The quantitative estimate of drug-likeness (QED) is 0.695. The zero-order valence-corrected chi connectivity index (χ0v) is 18.5. The van der Waals surface area contributed by atoms with Crippen LogP contribution in [0.5, 0.6) is 0 Å². The molecule has 0 aromatic heterocycles. The van der Waals surface area contributed by atoms with E-state index >= 15 is 0 Å². The van der Waals surface area contributed by atoms with Gasteiger partial charge in [0.15, 0.2) is 5.17 Å². The number of aryl methyl sites for hydroxylation is 1. The van der Waals surface area contributed by atoms with Crippen molar-refractivity contribution in [2.24, 2.45) is 4.99 Å². The van der Waals surface area contributed by atoms with Crippen molar-refractivity contribution in [2.75, 3.05) is 12.4 Å². The number of rotatable bonds is 5. The highest BCUT2D eigenvalue weighted by Crippen LogP contribution is 2.31. The van der Waals surface area contributed by atoms with Crippen LogP contribution >= 0.6 is 23.4 Å². The number of carbonyl (C=O) groups is 2. The summed E-state index contributed by atoms with van der Waals surface area (Å²) >= 11 is 7.42. The Balaban J connectivity index is 1.66. The first-order valence-corrected chi connectivity index (χ1v) is 10.7. The van der Waals surface area contributed by atoms with Crippen molar-refractivity contribution in [1.82, 2.24) is 4.90 Å². The molecule has 0 spiro atoms. The molecule has 2 aromatic rings. The van der Waals surface area contributed by atoms with Gasteiger partial charge >= 0.3 is 0 Å². The monoisotopic (exact) mass is 429 g/mol. The van der Waals surface area contributed by atoms with Gasteiger partial charge in [0.05, 0.1) is 5.69 Å². The van der Waals surface area contributed by atoms with Crippen molar-refractivity contribution >= 4 is 51.7 Å². The maximum absolute atomic E-state index is 12.6. The van der Waals surface area contributed by atoms with Gasteiger partial charge < -0.3 is 5.32 Å². The van der Waals surface area contributed by atoms with Gasteiger partial charge in [-0.15, -0.1) is 0 Å². The summed E-state index contributed by atoms with van der Waals surface area (Å²) in [6.45, 7) is 6.18. The Labute approximate surface area is 180 Å². The zero-order chi connectivity index (χ0) is 21.1. The molecule has 1 atom stereocenters. The lowest BCUT2D eigenvalue weighted by Gasteiger charge is -2.10. The molecule has 5 nitrogen and oxygen atoms in total. The lowest BCUT2D eigenvalue weighted by atomic mass is 10.0. The molecule has 7 heteroatoms. The van der Waals surface area contributed by atoms with Crippen molar-refractivity contribution in [2.45, 2.75) is 38.4 Å². The molecule has 1 aliphatic heterocycles. The molecule has 0 bridgehead atoms. The second-order valence-electron chi connectivity index (χ2n) is 7.36. The van der Waals surface area contributed by atoms with E-state index in [2.05, 4.69) is 24.2 Å². The van der Waals surface area contributed by atoms with Crippen LogP contribution in [-0.2, 0) is 9.59 Å². The zero-order valence-electron chi connectivity index (χ0n) is 16.9.